The van der Waals surface area contributed by atoms with E-state index in [4.69, 9.17) is 38.9 Å². The van der Waals surface area contributed by atoms with Gasteiger partial charge in [-0.1, -0.05) is 19.9 Å². The van der Waals surface area contributed by atoms with Gasteiger partial charge in [0.1, 0.15) is 16.7 Å². The predicted molar refractivity (Wildman–Crippen MR) is 140 cm³/mol. The van der Waals surface area contributed by atoms with E-state index < -0.39 is 41.2 Å². The number of nitrogens with two attached hydrogens (primary N) is 1. The van der Waals surface area contributed by atoms with Crippen LogP contribution < -0.4 is 15.2 Å². The molecule has 12 heteroatoms. The van der Waals surface area contributed by atoms with Gasteiger partial charge in [0.05, 0.1) is 20.3 Å². The van der Waals surface area contributed by atoms with E-state index >= 15 is 0 Å². The molecule has 0 heterocycles. The highest BCUT2D eigenvalue weighted by atomic mass is 16.8. The fraction of sp³-hybridized carbons (Fsp3) is 0.630. The quantitative estimate of drug-likeness (QED) is 0.236. The monoisotopic (exact) mass is 555 g/mol. The minimum Gasteiger partial charge on any atom is -0.468 e. The average molecular weight is 556 g/mol. The van der Waals surface area contributed by atoms with E-state index in [9.17, 15) is 19.2 Å². The van der Waals surface area contributed by atoms with Gasteiger partial charge in [0.25, 0.3) is 0 Å². The smallest absolute Gasteiger partial charge is 0.468 e. The molecule has 0 aliphatic rings. The van der Waals surface area contributed by atoms with Crippen molar-refractivity contribution in [3.05, 3.63) is 23.8 Å². The van der Waals surface area contributed by atoms with Gasteiger partial charge in [-0.05, 0) is 65.2 Å². The normalized spacial score (nSPS) is 13.1. The van der Waals surface area contributed by atoms with Crippen LogP contribution in [0.4, 0.5) is 14.4 Å². The first-order chi connectivity index (χ1) is 17.8. The van der Waals surface area contributed by atoms with E-state index in [2.05, 4.69) is 0 Å². The van der Waals surface area contributed by atoms with Gasteiger partial charge in [-0.3, -0.25) is 4.79 Å². The number of esters is 1. The third-order valence-corrected chi connectivity index (χ3v) is 4.59. The Hall–Kier alpha value is -3.54. The first-order valence-electron chi connectivity index (χ1n) is 12.4. The van der Waals surface area contributed by atoms with Crippen molar-refractivity contribution in [2.24, 2.45) is 11.7 Å². The molecular weight excluding hydrogens is 514 g/mol. The van der Waals surface area contributed by atoms with Crippen LogP contribution in [0, 0.1) is 5.92 Å². The second kappa shape index (κ2) is 14.0. The lowest BCUT2D eigenvalue weighted by molar-refractivity contribution is -0.147. The van der Waals surface area contributed by atoms with Crippen molar-refractivity contribution in [1.29, 1.82) is 0 Å². The lowest BCUT2D eigenvalue weighted by Crippen LogP contribution is -2.51. The summed E-state index contributed by atoms with van der Waals surface area (Å²) in [6.07, 6.45) is -3.16. The summed E-state index contributed by atoms with van der Waals surface area (Å²) >= 11 is 0. The topological polar surface area (TPSA) is 159 Å². The molecule has 12 nitrogen and oxygen atoms in total. The third-order valence-electron chi connectivity index (χ3n) is 4.59. The summed E-state index contributed by atoms with van der Waals surface area (Å²) in [5.74, 6) is -0.935. The maximum atomic E-state index is 12.6. The third kappa shape index (κ3) is 13.2. The first kappa shape index (κ1) is 33.5. The summed E-state index contributed by atoms with van der Waals surface area (Å²) in [5.41, 5.74) is 3.49. The van der Waals surface area contributed by atoms with Crippen molar-refractivity contribution in [2.45, 2.75) is 85.0 Å². The fourth-order valence-electron chi connectivity index (χ4n) is 2.97. The van der Waals surface area contributed by atoms with Crippen molar-refractivity contribution in [1.82, 2.24) is 0 Å². The van der Waals surface area contributed by atoms with Crippen molar-refractivity contribution in [3.8, 4) is 11.5 Å². The highest BCUT2D eigenvalue weighted by molar-refractivity contribution is 5.81. The van der Waals surface area contributed by atoms with Gasteiger partial charge in [0.15, 0.2) is 11.5 Å². The summed E-state index contributed by atoms with van der Waals surface area (Å²) in [6.45, 7) is 13.7. The largest absolute Gasteiger partial charge is 0.514 e. The maximum absolute atomic E-state index is 12.6. The second-order valence-corrected chi connectivity index (χ2v) is 11.3. The Morgan fingerprint density at radius 3 is 1.85 bits per heavy atom. The lowest BCUT2D eigenvalue weighted by atomic mass is 9.88. The Morgan fingerprint density at radius 1 is 0.821 bits per heavy atom. The summed E-state index contributed by atoms with van der Waals surface area (Å²) < 4.78 is 35.8. The van der Waals surface area contributed by atoms with Crippen LogP contribution in [0.3, 0.4) is 0 Å². The van der Waals surface area contributed by atoms with Crippen molar-refractivity contribution >= 4 is 24.4 Å². The predicted octanol–water partition coefficient (Wildman–Crippen LogP) is 4.93. The van der Waals surface area contributed by atoms with Crippen molar-refractivity contribution in [3.63, 3.8) is 0 Å². The average Bonchev–Trinajstić information content (AvgIpc) is 2.76. The van der Waals surface area contributed by atoms with Crippen LogP contribution in [0.5, 0.6) is 11.5 Å². The molecule has 0 fully saturated rings. The Bertz CT molecular complexity index is 1010. The van der Waals surface area contributed by atoms with Crippen LogP contribution in [0.1, 0.15) is 67.4 Å². The molecule has 0 amide bonds. The molecule has 0 bridgehead atoms. The van der Waals surface area contributed by atoms with Gasteiger partial charge in [-0.15, -0.1) is 0 Å². The highest BCUT2D eigenvalue weighted by Crippen LogP contribution is 2.32. The zero-order chi connectivity index (χ0) is 30.0. The number of ether oxygens (including phenoxy) is 7. The molecule has 0 saturated carbocycles. The molecule has 1 atom stereocenters. The molecule has 0 aliphatic carbocycles. The van der Waals surface area contributed by atoms with Crippen LogP contribution in [-0.2, 0) is 34.9 Å². The number of carbonyl (C=O) groups is 4. The van der Waals surface area contributed by atoms with Gasteiger partial charge in [-0.25, -0.2) is 14.4 Å². The van der Waals surface area contributed by atoms with Crippen LogP contribution in [0.15, 0.2) is 18.2 Å². The molecule has 1 unspecified atom stereocenters. The maximum Gasteiger partial charge on any atom is 0.514 e. The van der Waals surface area contributed by atoms with E-state index in [-0.39, 0.29) is 43.5 Å². The minimum absolute atomic E-state index is 0.102. The van der Waals surface area contributed by atoms with E-state index in [1.54, 1.807) is 41.5 Å². The number of rotatable bonds is 10. The lowest BCUT2D eigenvalue weighted by Gasteiger charge is -2.27. The van der Waals surface area contributed by atoms with E-state index in [0.29, 0.717) is 5.56 Å². The Morgan fingerprint density at radius 2 is 1.36 bits per heavy atom. The number of benzene rings is 1. The Balaban J connectivity index is 3.18. The highest BCUT2D eigenvalue weighted by Gasteiger charge is 2.36. The zero-order valence-electron chi connectivity index (χ0n) is 24.2. The molecule has 0 aliphatic heterocycles. The van der Waals surface area contributed by atoms with Gasteiger partial charge < -0.3 is 38.9 Å². The van der Waals surface area contributed by atoms with Crippen molar-refractivity contribution < 1.29 is 52.3 Å². The Kier molecular flexibility index (Phi) is 12.0. The summed E-state index contributed by atoms with van der Waals surface area (Å²) in [7, 11) is 1.18. The molecular formula is C27H41NO11. The molecule has 1 rings (SSSR count). The molecule has 0 radical (unpaired) electrons. The standard InChI is InChI=1S/C27H41NO11/c1-17(2)16-35-22(30)34-13-12-27(28,21(29)33-9)15-18-10-11-19(36-23(31)38-25(3,4)5)20(14-18)37-24(32)39-26(6,7)8/h10-11,14,17H,12-13,15-16,28H2,1-9H3. The number of methoxy groups -OCH3 is 1. The molecule has 1 aromatic rings. The molecule has 220 valence electrons. The molecule has 2 N–H and O–H groups in total. The zero-order valence-corrected chi connectivity index (χ0v) is 24.2. The fourth-order valence-corrected chi connectivity index (χ4v) is 2.97. The summed E-state index contributed by atoms with van der Waals surface area (Å²) in [5, 5.41) is 0. The molecule has 0 saturated heterocycles. The van der Waals surface area contributed by atoms with E-state index in [1.807, 2.05) is 13.8 Å². The van der Waals surface area contributed by atoms with Crippen LogP contribution in [0.25, 0.3) is 0 Å². The molecule has 39 heavy (non-hydrogen) atoms. The number of hydrogen-bond acceptors (Lipinski definition) is 12. The van der Waals surface area contributed by atoms with Crippen LogP contribution >= 0.6 is 0 Å². The van der Waals surface area contributed by atoms with Crippen molar-refractivity contribution in [2.75, 3.05) is 20.3 Å². The first-order valence-corrected chi connectivity index (χ1v) is 12.4. The van der Waals surface area contributed by atoms with Crippen LogP contribution in [-0.4, -0.2) is 61.5 Å². The van der Waals surface area contributed by atoms with Crippen LogP contribution in [0.2, 0.25) is 0 Å². The Labute approximate surface area is 229 Å². The minimum atomic E-state index is -1.62. The van der Waals surface area contributed by atoms with Gasteiger partial charge in [-0.2, -0.15) is 0 Å². The molecule has 0 aromatic heterocycles. The second-order valence-electron chi connectivity index (χ2n) is 11.3. The molecule has 0 spiro atoms. The van der Waals surface area contributed by atoms with E-state index in [0.717, 1.165) is 0 Å². The SMILES string of the molecule is COC(=O)C(N)(CCOC(=O)OCC(C)C)Cc1ccc(OC(=O)OC(C)(C)C)c(OC(=O)OC(C)(C)C)c1. The van der Waals surface area contributed by atoms with Gasteiger partial charge in [0, 0.05) is 12.8 Å². The van der Waals surface area contributed by atoms with Gasteiger partial charge >= 0.3 is 24.4 Å². The van der Waals surface area contributed by atoms with E-state index in [1.165, 1.54) is 25.3 Å². The summed E-state index contributed by atoms with van der Waals surface area (Å²) in [6, 6.07) is 4.24. The molecule has 1 aromatic carbocycles. The summed E-state index contributed by atoms with van der Waals surface area (Å²) in [4.78, 5) is 49.0. The van der Waals surface area contributed by atoms with Gasteiger partial charge in [0.2, 0.25) is 0 Å². The number of hydrogen-bond donors (Lipinski definition) is 1. The number of carbonyl (C=O) groups excluding carboxylic acids is 4.